The fourth-order valence-electron chi connectivity index (χ4n) is 4.71. The van der Waals surface area contributed by atoms with Crippen molar-refractivity contribution >= 4 is 51.9 Å². The molecule has 9 nitrogen and oxygen atoms in total. The van der Waals surface area contributed by atoms with Gasteiger partial charge in [0.25, 0.3) is 11.9 Å². The van der Waals surface area contributed by atoms with Crippen molar-refractivity contribution < 1.29 is 19.1 Å². The number of carbonyl (C=O) groups is 1. The molecule has 1 amide bonds. The van der Waals surface area contributed by atoms with Gasteiger partial charge in [-0.1, -0.05) is 23.2 Å². The third-order valence-corrected chi connectivity index (χ3v) is 6.85. The minimum absolute atomic E-state index is 0.0330. The maximum absolute atomic E-state index is 13.5. The van der Waals surface area contributed by atoms with Gasteiger partial charge in [-0.25, -0.2) is 0 Å². The van der Waals surface area contributed by atoms with Crippen LogP contribution in [0.15, 0.2) is 28.9 Å². The third kappa shape index (κ3) is 4.29. The molecule has 3 aromatic rings. The van der Waals surface area contributed by atoms with Crippen LogP contribution in [-0.4, -0.2) is 71.4 Å². The Morgan fingerprint density at radius 1 is 1.29 bits per heavy atom. The molecule has 0 unspecified atom stereocenters. The van der Waals surface area contributed by atoms with Crippen molar-refractivity contribution in [2.75, 3.05) is 49.6 Å². The highest BCUT2D eigenvalue weighted by Crippen LogP contribution is 2.38. The number of benzene rings is 1. The Morgan fingerprint density at radius 3 is 2.97 bits per heavy atom. The highest BCUT2D eigenvalue weighted by Gasteiger charge is 2.36. The van der Waals surface area contributed by atoms with Gasteiger partial charge in [-0.3, -0.25) is 9.78 Å². The first-order valence-corrected chi connectivity index (χ1v) is 12.0. The van der Waals surface area contributed by atoms with Crippen LogP contribution < -0.4 is 10.2 Å². The van der Waals surface area contributed by atoms with Crippen LogP contribution >= 0.6 is 23.2 Å². The van der Waals surface area contributed by atoms with Crippen LogP contribution in [0.2, 0.25) is 10.0 Å². The molecule has 1 aromatic carbocycles. The average Bonchev–Trinajstić information content (AvgIpc) is 3.25. The van der Waals surface area contributed by atoms with E-state index in [0.29, 0.717) is 66.4 Å². The topological polar surface area (TPSA) is 104 Å². The number of nitrogens with zero attached hydrogens (tertiary/aromatic N) is 4. The number of oxazole rings is 1. The van der Waals surface area contributed by atoms with Crippen LogP contribution in [0.4, 0.5) is 11.7 Å². The number of hydrogen-bond donors (Lipinski definition) is 2. The molecule has 0 radical (unpaired) electrons. The van der Waals surface area contributed by atoms with E-state index in [4.69, 9.17) is 37.5 Å². The van der Waals surface area contributed by atoms with E-state index in [1.807, 2.05) is 22.8 Å². The van der Waals surface area contributed by atoms with E-state index in [2.05, 4.69) is 15.3 Å². The van der Waals surface area contributed by atoms with E-state index in [0.717, 1.165) is 16.8 Å². The van der Waals surface area contributed by atoms with E-state index in [-0.39, 0.29) is 18.6 Å². The van der Waals surface area contributed by atoms with E-state index < -0.39 is 6.10 Å². The van der Waals surface area contributed by atoms with E-state index >= 15 is 0 Å². The van der Waals surface area contributed by atoms with Crippen molar-refractivity contribution in [2.45, 2.75) is 25.5 Å². The Kier molecular flexibility index (Phi) is 6.52. The second-order valence-electron chi connectivity index (χ2n) is 8.40. The molecular formula is C23H25Cl2N5O4. The lowest BCUT2D eigenvalue weighted by atomic mass is 9.93. The number of fused-ring (bicyclic) bond motifs is 2. The fourth-order valence-corrected chi connectivity index (χ4v) is 5.40. The summed E-state index contributed by atoms with van der Waals surface area (Å²) >= 11 is 12.7. The molecule has 1 fully saturated rings. The summed E-state index contributed by atoms with van der Waals surface area (Å²) < 4.78 is 11.8. The molecule has 0 saturated carbocycles. The van der Waals surface area contributed by atoms with Crippen molar-refractivity contribution in [3.63, 3.8) is 0 Å². The summed E-state index contributed by atoms with van der Waals surface area (Å²) in [6, 6.07) is 3.78. The average molecular weight is 506 g/mol. The number of aliphatic hydroxyl groups is 1. The number of amides is 1. The summed E-state index contributed by atoms with van der Waals surface area (Å²) in [6.07, 6.45) is 3.39. The number of nitrogens with one attached hydrogen (secondary N) is 1. The second-order valence-corrected chi connectivity index (χ2v) is 9.24. The molecule has 0 bridgehead atoms. The van der Waals surface area contributed by atoms with Crippen molar-refractivity contribution in [1.29, 1.82) is 0 Å². The number of morpholine rings is 1. The first-order valence-electron chi connectivity index (χ1n) is 11.2. The Bertz CT molecular complexity index is 1220. The predicted octanol–water partition coefficient (Wildman–Crippen LogP) is 3.28. The van der Waals surface area contributed by atoms with E-state index in [1.165, 1.54) is 0 Å². The number of rotatable bonds is 5. The second kappa shape index (κ2) is 9.58. The Balaban J connectivity index is 1.36. The van der Waals surface area contributed by atoms with Crippen LogP contribution in [0, 0.1) is 0 Å². The normalized spacial score (nSPS) is 20.5. The third-order valence-electron chi connectivity index (χ3n) is 6.32. The highest BCUT2D eigenvalue weighted by atomic mass is 35.5. The Hall–Kier alpha value is -2.59. The van der Waals surface area contributed by atoms with Gasteiger partial charge in [0.15, 0.2) is 11.7 Å². The Morgan fingerprint density at radius 2 is 2.15 bits per heavy atom. The van der Waals surface area contributed by atoms with Crippen LogP contribution in [0.5, 0.6) is 0 Å². The SMILES string of the molecule is C[C@H]1c2c(Cl)cc(Cl)cc2CCN1C(=O)[C@H]1CN(c2cncc3nc(NCCO)oc23)CCO1. The molecule has 11 heteroatoms. The number of pyridine rings is 1. The molecule has 34 heavy (non-hydrogen) atoms. The van der Waals surface area contributed by atoms with Gasteiger partial charge >= 0.3 is 0 Å². The zero-order valence-corrected chi connectivity index (χ0v) is 20.1. The number of hydrogen-bond acceptors (Lipinski definition) is 8. The number of anilines is 2. The number of aromatic nitrogens is 2. The molecule has 180 valence electrons. The molecule has 2 N–H and O–H groups in total. The Labute approximate surface area is 206 Å². The van der Waals surface area contributed by atoms with Crippen LogP contribution in [-0.2, 0) is 16.0 Å². The number of ether oxygens (including phenoxy) is 1. The molecule has 1 saturated heterocycles. The standard InChI is InChI=1S/C23H25Cl2N5O4/c1-13-20-14(8-15(24)9-16(20)25)2-4-30(13)22(32)19-12-29(5-7-33-19)18-11-26-10-17-21(18)34-23(28-17)27-3-6-31/h8-11,13,19,31H,2-7,12H2,1H3,(H,27,28)/t13-,19+/m0/s1. The van der Waals surface area contributed by atoms with Crippen molar-refractivity contribution in [1.82, 2.24) is 14.9 Å². The minimum Gasteiger partial charge on any atom is -0.421 e. The minimum atomic E-state index is -0.631. The molecule has 0 spiro atoms. The number of aliphatic hydroxyl groups excluding tert-OH is 1. The van der Waals surface area contributed by atoms with Crippen molar-refractivity contribution in [3.05, 3.63) is 45.7 Å². The summed E-state index contributed by atoms with van der Waals surface area (Å²) in [4.78, 5) is 26.1. The van der Waals surface area contributed by atoms with Gasteiger partial charge in [-0.05, 0) is 36.6 Å². The first kappa shape index (κ1) is 23.2. The lowest BCUT2D eigenvalue weighted by Crippen LogP contribution is -2.53. The van der Waals surface area contributed by atoms with Crippen LogP contribution in [0.3, 0.4) is 0 Å². The fraction of sp³-hybridized carbons (Fsp3) is 0.435. The largest absolute Gasteiger partial charge is 0.421 e. The number of carbonyl (C=O) groups excluding carboxylic acids is 1. The van der Waals surface area contributed by atoms with Gasteiger partial charge in [-0.15, -0.1) is 0 Å². The zero-order valence-electron chi connectivity index (χ0n) is 18.6. The van der Waals surface area contributed by atoms with Gasteiger partial charge in [-0.2, -0.15) is 4.98 Å². The summed E-state index contributed by atoms with van der Waals surface area (Å²) in [5.41, 5.74) is 3.94. The predicted molar refractivity (Wildman–Crippen MR) is 130 cm³/mol. The molecule has 4 heterocycles. The van der Waals surface area contributed by atoms with Gasteiger partial charge < -0.3 is 29.4 Å². The molecular weight excluding hydrogens is 481 g/mol. The summed E-state index contributed by atoms with van der Waals surface area (Å²) in [7, 11) is 0. The molecule has 2 aliphatic rings. The maximum atomic E-state index is 13.5. The summed E-state index contributed by atoms with van der Waals surface area (Å²) in [5, 5.41) is 13.1. The van der Waals surface area contributed by atoms with E-state index in [9.17, 15) is 4.79 Å². The van der Waals surface area contributed by atoms with Crippen molar-refractivity contribution in [2.24, 2.45) is 0 Å². The van der Waals surface area contributed by atoms with E-state index in [1.54, 1.807) is 18.5 Å². The smallest absolute Gasteiger partial charge is 0.295 e. The monoisotopic (exact) mass is 505 g/mol. The van der Waals surface area contributed by atoms with Gasteiger partial charge in [0.1, 0.15) is 11.2 Å². The maximum Gasteiger partial charge on any atom is 0.295 e. The lowest BCUT2D eigenvalue weighted by Gasteiger charge is -2.40. The first-order chi connectivity index (χ1) is 16.5. The van der Waals surface area contributed by atoms with Crippen molar-refractivity contribution in [3.8, 4) is 0 Å². The van der Waals surface area contributed by atoms with Gasteiger partial charge in [0.05, 0.1) is 38.2 Å². The van der Waals surface area contributed by atoms with Gasteiger partial charge in [0.2, 0.25) is 0 Å². The van der Waals surface area contributed by atoms with Crippen LogP contribution in [0.1, 0.15) is 24.1 Å². The zero-order chi connectivity index (χ0) is 23.8. The summed E-state index contributed by atoms with van der Waals surface area (Å²) in [5.74, 6) is -0.0723. The van der Waals surface area contributed by atoms with Gasteiger partial charge in [0, 0.05) is 29.7 Å². The molecule has 0 aliphatic carbocycles. The highest BCUT2D eigenvalue weighted by molar-refractivity contribution is 6.35. The quantitative estimate of drug-likeness (QED) is 0.544. The molecule has 2 aliphatic heterocycles. The molecule has 5 rings (SSSR count). The molecule has 2 aromatic heterocycles. The summed E-state index contributed by atoms with van der Waals surface area (Å²) in [6.45, 7) is 4.20. The molecule has 2 atom stereocenters. The number of halogens is 2. The lowest BCUT2D eigenvalue weighted by molar-refractivity contribution is -0.147. The van der Waals surface area contributed by atoms with Crippen LogP contribution in [0.25, 0.3) is 11.1 Å².